The van der Waals surface area contributed by atoms with E-state index < -0.39 is 0 Å². The first-order valence-corrected chi connectivity index (χ1v) is 9.53. The van der Waals surface area contributed by atoms with Crippen molar-refractivity contribution in [3.05, 3.63) is 54.0 Å². The van der Waals surface area contributed by atoms with Gasteiger partial charge in [-0.15, -0.1) is 0 Å². The van der Waals surface area contributed by atoms with Crippen LogP contribution in [0.3, 0.4) is 0 Å². The first-order chi connectivity index (χ1) is 13.0. The third kappa shape index (κ3) is 3.67. The van der Waals surface area contributed by atoms with Crippen LogP contribution in [0.2, 0.25) is 0 Å². The number of aromatic nitrogens is 2. The van der Waals surface area contributed by atoms with Crippen LogP contribution in [0.5, 0.6) is 0 Å². The second-order valence-corrected chi connectivity index (χ2v) is 8.00. The van der Waals surface area contributed by atoms with Crippen molar-refractivity contribution >= 4 is 11.7 Å². The number of hydrogen-bond acceptors (Lipinski definition) is 5. The van der Waals surface area contributed by atoms with Gasteiger partial charge in [0.05, 0.1) is 25.6 Å². The van der Waals surface area contributed by atoms with Gasteiger partial charge >= 0.3 is 0 Å². The van der Waals surface area contributed by atoms with Crippen LogP contribution < -0.4 is 4.90 Å². The molecule has 2 aliphatic rings. The van der Waals surface area contributed by atoms with Gasteiger partial charge in [0.25, 0.3) is 5.91 Å². The van der Waals surface area contributed by atoms with E-state index in [9.17, 15) is 4.79 Å². The van der Waals surface area contributed by atoms with Crippen LogP contribution in [0, 0.1) is 5.41 Å². The van der Waals surface area contributed by atoms with Gasteiger partial charge in [-0.05, 0) is 11.0 Å². The molecule has 1 aromatic heterocycles. The average Bonchev–Trinajstić information content (AvgIpc) is 3.04. The molecule has 0 aliphatic carbocycles. The van der Waals surface area contributed by atoms with Gasteiger partial charge in [0, 0.05) is 32.1 Å². The Morgan fingerprint density at radius 1 is 1.15 bits per heavy atom. The van der Waals surface area contributed by atoms with Crippen molar-refractivity contribution in [2.24, 2.45) is 5.41 Å². The van der Waals surface area contributed by atoms with Crippen molar-refractivity contribution in [2.45, 2.75) is 19.8 Å². The summed E-state index contributed by atoms with van der Waals surface area (Å²) >= 11 is 0. The number of anilines is 1. The summed E-state index contributed by atoms with van der Waals surface area (Å²) in [5.41, 5.74) is 1.88. The van der Waals surface area contributed by atoms with E-state index >= 15 is 0 Å². The lowest BCUT2D eigenvalue weighted by atomic mass is 9.78. The van der Waals surface area contributed by atoms with Crippen molar-refractivity contribution in [1.29, 1.82) is 0 Å². The summed E-state index contributed by atoms with van der Waals surface area (Å²) in [7, 11) is 0. The van der Waals surface area contributed by atoms with E-state index in [1.54, 1.807) is 17.3 Å². The lowest BCUT2D eigenvalue weighted by Gasteiger charge is -2.27. The number of carbonyl (C=O) groups is 1. The zero-order valence-corrected chi connectivity index (χ0v) is 16.0. The summed E-state index contributed by atoms with van der Waals surface area (Å²) in [6.07, 6.45) is 3.33. The Morgan fingerprint density at radius 2 is 1.89 bits per heavy atom. The molecular formula is C21H26N4O2. The Hall–Kier alpha value is -2.47. The number of morpholine rings is 1. The molecule has 2 fully saturated rings. The monoisotopic (exact) mass is 366 g/mol. The van der Waals surface area contributed by atoms with Crippen LogP contribution in [0.4, 0.5) is 5.82 Å². The molecule has 0 N–H and O–H groups in total. The van der Waals surface area contributed by atoms with Gasteiger partial charge in [0.1, 0.15) is 11.5 Å². The summed E-state index contributed by atoms with van der Waals surface area (Å²) < 4.78 is 5.33. The summed E-state index contributed by atoms with van der Waals surface area (Å²) in [6.45, 7) is 8.73. The van der Waals surface area contributed by atoms with E-state index in [0.717, 1.165) is 18.9 Å². The van der Waals surface area contributed by atoms with E-state index in [1.807, 2.05) is 0 Å². The summed E-state index contributed by atoms with van der Waals surface area (Å²) in [5, 5.41) is 0. The van der Waals surface area contributed by atoms with E-state index in [2.05, 4.69) is 59.0 Å². The third-order valence-corrected chi connectivity index (χ3v) is 5.61. The summed E-state index contributed by atoms with van der Waals surface area (Å²) in [6, 6.07) is 10.6. The molecule has 2 saturated heterocycles. The van der Waals surface area contributed by atoms with Crippen molar-refractivity contribution in [3.8, 4) is 0 Å². The van der Waals surface area contributed by atoms with Crippen molar-refractivity contribution in [3.63, 3.8) is 0 Å². The van der Waals surface area contributed by atoms with Crippen LogP contribution in [0.1, 0.15) is 35.8 Å². The molecule has 2 aromatic rings. The van der Waals surface area contributed by atoms with Gasteiger partial charge in [-0.25, -0.2) is 4.98 Å². The third-order valence-electron chi connectivity index (χ3n) is 5.61. The van der Waals surface area contributed by atoms with Gasteiger partial charge in [0.15, 0.2) is 0 Å². The molecule has 4 rings (SSSR count). The van der Waals surface area contributed by atoms with E-state index in [0.29, 0.717) is 37.9 Å². The lowest BCUT2D eigenvalue weighted by molar-refractivity contribution is 0.0299. The van der Waals surface area contributed by atoms with Crippen LogP contribution in [-0.2, 0) is 4.74 Å². The number of nitrogens with zero attached hydrogens (tertiary/aromatic N) is 4. The number of benzene rings is 1. The summed E-state index contributed by atoms with van der Waals surface area (Å²) in [4.78, 5) is 25.7. The fourth-order valence-corrected chi connectivity index (χ4v) is 4.09. The van der Waals surface area contributed by atoms with E-state index in [-0.39, 0.29) is 11.3 Å². The Labute approximate surface area is 160 Å². The van der Waals surface area contributed by atoms with Crippen molar-refractivity contribution in [1.82, 2.24) is 14.9 Å². The first kappa shape index (κ1) is 17.9. The van der Waals surface area contributed by atoms with Crippen LogP contribution >= 0.6 is 0 Å². The summed E-state index contributed by atoms with van der Waals surface area (Å²) in [5.74, 6) is 1.13. The van der Waals surface area contributed by atoms with Gasteiger partial charge < -0.3 is 14.5 Å². The van der Waals surface area contributed by atoms with E-state index in [1.165, 1.54) is 5.56 Å². The highest BCUT2D eigenvalue weighted by atomic mass is 16.5. The molecule has 142 valence electrons. The molecule has 0 bridgehead atoms. The molecule has 6 nitrogen and oxygen atoms in total. The van der Waals surface area contributed by atoms with Crippen LogP contribution in [0.25, 0.3) is 0 Å². The smallest absolute Gasteiger partial charge is 0.274 e. The molecule has 3 heterocycles. The molecule has 0 radical (unpaired) electrons. The second-order valence-electron chi connectivity index (χ2n) is 8.00. The lowest BCUT2D eigenvalue weighted by Crippen LogP contribution is -2.41. The van der Waals surface area contributed by atoms with Crippen molar-refractivity contribution in [2.75, 3.05) is 44.3 Å². The fourth-order valence-electron chi connectivity index (χ4n) is 4.09. The zero-order chi connectivity index (χ0) is 18.9. The molecule has 6 heteroatoms. The molecular weight excluding hydrogens is 340 g/mol. The predicted octanol–water partition coefficient (Wildman–Crippen LogP) is 2.58. The minimum atomic E-state index is -0.0642. The minimum absolute atomic E-state index is 0.0642. The standard InChI is InChI=1S/C21H26N4O2/c1-21(2)15-25(14-17(21)16-6-4-3-5-7-16)19-13-22-12-18(23-19)20(26)24-8-10-27-11-9-24/h3-7,12-13,17H,8-11,14-15H2,1-2H3/t17-/m1/s1. The zero-order valence-electron chi connectivity index (χ0n) is 16.0. The van der Waals surface area contributed by atoms with Gasteiger partial charge in [-0.3, -0.25) is 9.78 Å². The number of rotatable bonds is 3. The number of ether oxygens (including phenoxy) is 1. The van der Waals surface area contributed by atoms with E-state index in [4.69, 9.17) is 4.74 Å². The maximum absolute atomic E-state index is 12.7. The largest absolute Gasteiger partial charge is 0.378 e. The molecule has 0 unspecified atom stereocenters. The number of amides is 1. The Morgan fingerprint density at radius 3 is 2.63 bits per heavy atom. The van der Waals surface area contributed by atoms with Gasteiger partial charge in [-0.1, -0.05) is 44.2 Å². The molecule has 27 heavy (non-hydrogen) atoms. The van der Waals surface area contributed by atoms with Crippen LogP contribution in [-0.4, -0.2) is 60.2 Å². The first-order valence-electron chi connectivity index (χ1n) is 9.53. The average molecular weight is 366 g/mol. The highest BCUT2D eigenvalue weighted by molar-refractivity contribution is 5.92. The van der Waals surface area contributed by atoms with Crippen molar-refractivity contribution < 1.29 is 9.53 Å². The highest BCUT2D eigenvalue weighted by Crippen LogP contribution is 2.43. The Balaban J connectivity index is 1.55. The second kappa shape index (κ2) is 7.27. The topological polar surface area (TPSA) is 58.6 Å². The number of carbonyl (C=O) groups excluding carboxylic acids is 1. The SMILES string of the molecule is CC1(C)CN(c2cncc(C(=O)N3CCOCC3)n2)C[C@@H]1c1ccccc1. The minimum Gasteiger partial charge on any atom is -0.378 e. The Bertz CT molecular complexity index is 803. The quantitative estimate of drug-likeness (QED) is 0.836. The Kier molecular flexibility index (Phi) is 4.83. The molecule has 1 amide bonds. The highest BCUT2D eigenvalue weighted by Gasteiger charge is 2.40. The molecule has 1 atom stereocenters. The molecule has 0 saturated carbocycles. The predicted molar refractivity (Wildman–Crippen MR) is 104 cm³/mol. The van der Waals surface area contributed by atoms with Gasteiger partial charge in [-0.2, -0.15) is 0 Å². The van der Waals surface area contributed by atoms with Gasteiger partial charge in [0.2, 0.25) is 0 Å². The maximum Gasteiger partial charge on any atom is 0.274 e. The molecule has 0 spiro atoms. The fraction of sp³-hybridized carbons (Fsp3) is 0.476. The van der Waals surface area contributed by atoms with Crippen LogP contribution in [0.15, 0.2) is 42.7 Å². The maximum atomic E-state index is 12.7. The molecule has 2 aliphatic heterocycles. The molecule has 1 aromatic carbocycles. The normalized spacial score (nSPS) is 22.1. The number of hydrogen-bond donors (Lipinski definition) is 0.